The molecule has 2 saturated carbocycles. The number of rotatable bonds is 7. The highest BCUT2D eigenvalue weighted by Gasteiger charge is 2.36. The minimum atomic E-state index is 0.607. The van der Waals surface area contributed by atoms with Crippen LogP contribution in [0.3, 0.4) is 0 Å². The van der Waals surface area contributed by atoms with Gasteiger partial charge < -0.3 is 5.73 Å². The van der Waals surface area contributed by atoms with E-state index in [0.29, 0.717) is 11.0 Å². The van der Waals surface area contributed by atoms with Gasteiger partial charge in [-0.3, -0.25) is 4.90 Å². The van der Waals surface area contributed by atoms with Gasteiger partial charge in [0.2, 0.25) is 0 Å². The van der Waals surface area contributed by atoms with E-state index >= 15 is 0 Å². The maximum atomic E-state index is 5.68. The summed E-state index contributed by atoms with van der Waals surface area (Å²) in [6, 6.07) is 1.46. The molecule has 0 aliphatic heterocycles. The molecule has 0 radical (unpaired) electrons. The fourth-order valence-corrected chi connectivity index (χ4v) is 2.52. The van der Waals surface area contributed by atoms with E-state index in [-0.39, 0.29) is 0 Å². The Labute approximate surface area is 98.2 Å². The first-order valence-electron chi connectivity index (χ1n) is 6.24. The van der Waals surface area contributed by atoms with Crippen LogP contribution in [0.15, 0.2) is 0 Å². The van der Waals surface area contributed by atoms with Crippen LogP contribution in [-0.4, -0.2) is 28.5 Å². The molecule has 3 heteroatoms. The monoisotopic (exact) mass is 226 g/mol. The third-order valence-electron chi connectivity index (χ3n) is 3.56. The Balaban J connectivity index is 1.89. The summed E-state index contributed by atoms with van der Waals surface area (Å²) in [5.74, 6) is 0.978. The Bertz CT molecular complexity index is 234. The van der Waals surface area contributed by atoms with Crippen molar-refractivity contribution in [1.82, 2.24) is 4.90 Å². The lowest BCUT2D eigenvalue weighted by Crippen LogP contribution is -2.40. The standard InChI is InChI=1S/C12H22N2S/c1-2-10(7-12(13)15)14(11-5-6-11)8-9-3-4-9/h9-11H,2-8H2,1H3,(H2,13,15). The summed E-state index contributed by atoms with van der Waals surface area (Å²) in [4.78, 5) is 3.37. The molecule has 0 amide bonds. The van der Waals surface area contributed by atoms with E-state index in [1.807, 2.05) is 0 Å². The molecule has 2 aliphatic carbocycles. The summed E-state index contributed by atoms with van der Waals surface area (Å²) in [5.41, 5.74) is 5.68. The molecule has 0 heterocycles. The molecule has 2 N–H and O–H groups in total. The van der Waals surface area contributed by atoms with Gasteiger partial charge in [0, 0.05) is 25.0 Å². The van der Waals surface area contributed by atoms with Gasteiger partial charge in [-0.15, -0.1) is 0 Å². The highest BCUT2D eigenvalue weighted by Crippen LogP contribution is 2.36. The molecule has 0 bridgehead atoms. The normalized spacial score (nSPS) is 23.1. The van der Waals surface area contributed by atoms with Crippen LogP contribution in [0.2, 0.25) is 0 Å². The fourth-order valence-electron chi connectivity index (χ4n) is 2.33. The van der Waals surface area contributed by atoms with E-state index in [0.717, 1.165) is 18.4 Å². The Morgan fingerprint density at radius 2 is 2.07 bits per heavy atom. The molecule has 15 heavy (non-hydrogen) atoms. The summed E-state index contributed by atoms with van der Waals surface area (Å²) in [6.45, 7) is 3.55. The highest BCUT2D eigenvalue weighted by molar-refractivity contribution is 7.80. The fraction of sp³-hybridized carbons (Fsp3) is 0.917. The van der Waals surface area contributed by atoms with Gasteiger partial charge in [-0.25, -0.2) is 0 Å². The predicted molar refractivity (Wildman–Crippen MR) is 67.9 cm³/mol. The highest BCUT2D eigenvalue weighted by atomic mass is 32.1. The third-order valence-corrected chi connectivity index (χ3v) is 3.73. The van der Waals surface area contributed by atoms with Crippen molar-refractivity contribution in [2.24, 2.45) is 11.7 Å². The van der Waals surface area contributed by atoms with Crippen molar-refractivity contribution in [3.63, 3.8) is 0 Å². The quantitative estimate of drug-likeness (QED) is 0.676. The van der Waals surface area contributed by atoms with Gasteiger partial charge in [-0.1, -0.05) is 19.1 Å². The number of nitrogens with two attached hydrogens (primary N) is 1. The SMILES string of the molecule is CCC(CC(N)=S)N(CC1CC1)C1CC1. The first-order valence-corrected chi connectivity index (χ1v) is 6.65. The van der Waals surface area contributed by atoms with Gasteiger partial charge in [0.25, 0.3) is 0 Å². The zero-order chi connectivity index (χ0) is 10.8. The Hall–Kier alpha value is -0.150. The predicted octanol–water partition coefficient (Wildman–Crippen LogP) is 2.32. The molecule has 2 aliphatic rings. The smallest absolute Gasteiger partial charge is 0.0743 e. The average molecular weight is 226 g/mol. The van der Waals surface area contributed by atoms with Gasteiger partial charge in [0.15, 0.2) is 0 Å². The molecule has 1 unspecified atom stereocenters. The maximum Gasteiger partial charge on any atom is 0.0743 e. The lowest BCUT2D eigenvalue weighted by Gasteiger charge is -2.31. The molecule has 0 aromatic heterocycles. The van der Waals surface area contributed by atoms with Crippen molar-refractivity contribution >= 4 is 17.2 Å². The summed E-state index contributed by atoms with van der Waals surface area (Å²) in [7, 11) is 0. The van der Waals surface area contributed by atoms with Crippen LogP contribution in [0, 0.1) is 5.92 Å². The van der Waals surface area contributed by atoms with Crippen LogP contribution >= 0.6 is 12.2 Å². The van der Waals surface area contributed by atoms with Crippen molar-refractivity contribution in [2.75, 3.05) is 6.54 Å². The molecule has 2 rings (SSSR count). The first kappa shape index (κ1) is 11.3. The van der Waals surface area contributed by atoms with E-state index in [4.69, 9.17) is 18.0 Å². The van der Waals surface area contributed by atoms with Crippen molar-refractivity contribution in [3.05, 3.63) is 0 Å². The molecule has 0 aromatic carbocycles. The van der Waals surface area contributed by atoms with Crippen LogP contribution in [0.25, 0.3) is 0 Å². The Kier molecular flexibility index (Phi) is 3.62. The third kappa shape index (κ3) is 3.42. The molecule has 1 atom stereocenters. The van der Waals surface area contributed by atoms with Gasteiger partial charge in [0.05, 0.1) is 4.99 Å². The van der Waals surface area contributed by atoms with E-state index in [1.165, 1.54) is 38.6 Å². The Morgan fingerprint density at radius 1 is 1.40 bits per heavy atom. The lowest BCUT2D eigenvalue weighted by molar-refractivity contribution is 0.177. The molecule has 0 aromatic rings. The number of thiocarbonyl (C=S) groups is 1. The molecule has 86 valence electrons. The second-order valence-electron chi connectivity index (χ2n) is 5.10. The molecule has 0 saturated heterocycles. The first-order chi connectivity index (χ1) is 7.20. The molecular weight excluding hydrogens is 204 g/mol. The average Bonchev–Trinajstić information content (AvgIpc) is 3.00. The zero-order valence-electron chi connectivity index (χ0n) is 9.61. The zero-order valence-corrected chi connectivity index (χ0v) is 10.4. The summed E-state index contributed by atoms with van der Waals surface area (Å²) in [6.07, 6.45) is 7.75. The minimum absolute atomic E-state index is 0.607. The maximum absolute atomic E-state index is 5.68. The Morgan fingerprint density at radius 3 is 2.47 bits per heavy atom. The van der Waals surface area contributed by atoms with Crippen molar-refractivity contribution in [3.8, 4) is 0 Å². The second kappa shape index (κ2) is 4.79. The van der Waals surface area contributed by atoms with Crippen LogP contribution < -0.4 is 5.73 Å². The topological polar surface area (TPSA) is 29.3 Å². The summed E-state index contributed by atoms with van der Waals surface area (Å²) >= 11 is 5.04. The van der Waals surface area contributed by atoms with E-state index in [9.17, 15) is 0 Å². The van der Waals surface area contributed by atoms with Gasteiger partial charge in [0.1, 0.15) is 0 Å². The number of hydrogen-bond acceptors (Lipinski definition) is 2. The number of nitrogens with zero attached hydrogens (tertiary/aromatic N) is 1. The number of hydrogen-bond donors (Lipinski definition) is 1. The molecular formula is C12H22N2S. The van der Waals surface area contributed by atoms with Crippen LogP contribution in [0.4, 0.5) is 0 Å². The van der Waals surface area contributed by atoms with Crippen LogP contribution in [-0.2, 0) is 0 Å². The lowest BCUT2D eigenvalue weighted by atomic mass is 10.1. The van der Waals surface area contributed by atoms with Crippen LogP contribution in [0.5, 0.6) is 0 Å². The van der Waals surface area contributed by atoms with Crippen molar-refractivity contribution in [2.45, 2.75) is 57.5 Å². The minimum Gasteiger partial charge on any atom is -0.393 e. The second-order valence-corrected chi connectivity index (χ2v) is 5.63. The van der Waals surface area contributed by atoms with Crippen molar-refractivity contribution < 1.29 is 0 Å². The van der Waals surface area contributed by atoms with Crippen LogP contribution in [0.1, 0.15) is 45.4 Å². The van der Waals surface area contributed by atoms with E-state index in [1.54, 1.807) is 0 Å². The van der Waals surface area contributed by atoms with Gasteiger partial charge in [-0.2, -0.15) is 0 Å². The van der Waals surface area contributed by atoms with Crippen molar-refractivity contribution in [1.29, 1.82) is 0 Å². The molecule has 0 spiro atoms. The van der Waals surface area contributed by atoms with Gasteiger partial charge in [-0.05, 0) is 38.0 Å². The molecule has 2 nitrogen and oxygen atoms in total. The summed E-state index contributed by atoms with van der Waals surface area (Å²) < 4.78 is 0. The molecule has 2 fully saturated rings. The van der Waals surface area contributed by atoms with Gasteiger partial charge >= 0.3 is 0 Å². The summed E-state index contributed by atoms with van der Waals surface area (Å²) in [5, 5.41) is 0. The largest absolute Gasteiger partial charge is 0.393 e. The van der Waals surface area contributed by atoms with E-state index < -0.39 is 0 Å². The van der Waals surface area contributed by atoms with E-state index in [2.05, 4.69) is 11.8 Å².